The van der Waals surface area contributed by atoms with Crippen LogP contribution in [0.5, 0.6) is 0 Å². The van der Waals surface area contributed by atoms with E-state index < -0.39 is 0 Å². The van der Waals surface area contributed by atoms with Crippen molar-refractivity contribution in [3.05, 3.63) is 0 Å². The van der Waals surface area contributed by atoms with Crippen molar-refractivity contribution in [3.8, 4) is 0 Å². The quantitative estimate of drug-likeness (QED) is 0.844. The average Bonchev–Trinajstić information content (AvgIpc) is 2.89. The Morgan fingerprint density at radius 2 is 1.85 bits per heavy atom. The first-order chi connectivity index (χ1) is 9.61. The highest BCUT2D eigenvalue weighted by Crippen LogP contribution is 2.43. The molecule has 3 fully saturated rings. The van der Waals surface area contributed by atoms with E-state index in [1.807, 2.05) is 0 Å². The first-order valence-electron chi connectivity index (χ1n) is 9.10. The Balaban J connectivity index is 1.76. The molecular formula is C18H34N2. The molecule has 1 heterocycles. The van der Waals surface area contributed by atoms with Crippen LogP contribution in [-0.2, 0) is 0 Å². The van der Waals surface area contributed by atoms with Gasteiger partial charge in [-0.1, -0.05) is 27.2 Å². The van der Waals surface area contributed by atoms with Crippen LogP contribution in [0.4, 0.5) is 0 Å². The Bertz CT molecular complexity index is 325. The van der Waals surface area contributed by atoms with Crippen LogP contribution in [0.15, 0.2) is 0 Å². The first kappa shape index (κ1) is 14.8. The second-order valence-electron chi connectivity index (χ2n) is 8.28. The molecule has 2 aliphatic carbocycles. The molecule has 0 aromatic rings. The maximum atomic E-state index is 3.81. The van der Waals surface area contributed by atoms with E-state index in [1.54, 1.807) is 0 Å². The van der Waals surface area contributed by atoms with Crippen LogP contribution >= 0.6 is 0 Å². The summed E-state index contributed by atoms with van der Waals surface area (Å²) in [7, 11) is 0. The Labute approximate surface area is 125 Å². The summed E-state index contributed by atoms with van der Waals surface area (Å²) in [4.78, 5) is 2.95. The largest absolute Gasteiger partial charge is 0.313 e. The SMILES string of the molecule is CCNC1CCC(C)(C)CC1N1CCCC2CCCC21. The van der Waals surface area contributed by atoms with Gasteiger partial charge in [-0.3, -0.25) is 4.90 Å². The molecule has 4 unspecified atom stereocenters. The van der Waals surface area contributed by atoms with Crippen LogP contribution in [0.3, 0.4) is 0 Å². The van der Waals surface area contributed by atoms with Crippen molar-refractivity contribution in [2.45, 2.75) is 90.3 Å². The lowest BCUT2D eigenvalue weighted by molar-refractivity contribution is 0.00374. The lowest BCUT2D eigenvalue weighted by Gasteiger charge is -2.51. The minimum absolute atomic E-state index is 0.544. The topological polar surface area (TPSA) is 15.3 Å². The third kappa shape index (κ3) is 2.92. The summed E-state index contributed by atoms with van der Waals surface area (Å²) in [6, 6.07) is 2.46. The molecular weight excluding hydrogens is 244 g/mol. The molecule has 0 spiro atoms. The molecule has 3 rings (SSSR count). The molecule has 2 saturated carbocycles. The number of hydrogen-bond donors (Lipinski definition) is 1. The van der Waals surface area contributed by atoms with Crippen LogP contribution in [0.1, 0.15) is 72.1 Å². The molecule has 0 aromatic heterocycles. The Hall–Kier alpha value is -0.0800. The minimum atomic E-state index is 0.544. The van der Waals surface area contributed by atoms with Crippen LogP contribution in [0, 0.1) is 11.3 Å². The van der Waals surface area contributed by atoms with Gasteiger partial charge >= 0.3 is 0 Å². The van der Waals surface area contributed by atoms with Crippen LogP contribution < -0.4 is 5.32 Å². The standard InChI is InChI=1S/C18H34N2/c1-4-19-15-10-11-18(2,3)13-17(15)20-12-6-8-14-7-5-9-16(14)20/h14-17,19H,4-13H2,1-3H3. The van der Waals surface area contributed by atoms with Gasteiger partial charge in [-0.15, -0.1) is 0 Å². The van der Waals surface area contributed by atoms with E-state index in [2.05, 4.69) is 31.0 Å². The lowest BCUT2D eigenvalue weighted by atomic mass is 9.71. The lowest BCUT2D eigenvalue weighted by Crippen LogP contribution is -2.59. The fourth-order valence-electron chi connectivity index (χ4n) is 5.30. The highest BCUT2D eigenvalue weighted by molar-refractivity contribution is 5.00. The molecule has 1 saturated heterocycles. The van der Waals surface area contributed by atoms with Gasteiger partial charge in [0.25, 0.3) is 0 Å². The minimum Gasteiger partial charge on any atom is -0.313 e. The van der Waals surface area contributed by atoms with E-state index in [0.717, 1.165) is 30.6 Å². The van der Waals surface area contributed by atoms with Gasteiger partial charge in [0.2, 0.25) is 0 Å². The van der Waals surface area contributed by atoms with Crippen molar-refractivity contribution < 1.29 is 0 Å². The molecule has 4 atom stereocenters. The van der Waals surface area contributed by atoms with Gasteiger partial charge in [-0.25, -0.2) is 0 Å². The smallest absolute Gasteiger partial charge is 0.0257 e. The average molecular weight is 278 g/mol. The van der Waals surface area contributed by atoms with Crippen molar-refractivity contribution in [1.29, 1.82) is 0 Å². The fourth-order valence-corrected chi connectivity index (χ4v) is 5.30. The Kier molecular flexibility index (Phi) is 4.42. The van der Waals surface area contributed by atoms with E-state index >= 15 is 0 Å². The van der Waals surface area contributed by atoms with Gasteiger partial charge in [0, 0.05) is 18.1 Å². The molecule has 2 heteroatoms. The summed E-state index contributed by atoms with van der Waals surface area (Å²) in [5.41, 5.74) is 0.544. The molecule has 1 aliphatic heterocycles. The summed E-state index contributed by atoms with van der Waals surface area (Å²) in [5, 5.41) is 3.81. The summed E-state index contributed by atoms with van der Waals surface area (Å²) in [6.45, 7) is 9.73. The maximum absolute atomic E-state index is 3.81. The van der Waals surface area contributed by atoms with Crippen LogP contribution in [-0.4, -0.2) is 36.1 Å². The van der Waals surface area contributed by atoms with Crippen molar-refractivity contribution in [2.75, 3.05) is 13.1 Å². The van der Waals surface area contributed by atoms with Gasteiger partial charge in [0.1, 0.15) is 0 Å². The molecule has 20 heavy (non-hydrogen) atoms. The van der Waals surface area contributed by atoms with Gasteiger partial charge in [-0.05, 0) is 69.4 Å². The summed E-state index contributed by atoms with van der Waals surface area (Å²) >= 11 is 0. The number of likely N-dealkylation sites (N-methyl/N-ethyl adjacent to an activating group) is 1. The van der Waals surface area contributed by atoms with Gasteiger partial charge in [0.05, 0.1) is 0 Å². The monoisotopic (exact) mass is 278 g/mol. The molecule has 0 radical (unpaired) electrons. The third-order valence-corrected chi connectivity index (χ3v) is 6.29. The number of piperidine rings is 1. The predicted molar refractivity (Wildman–Crippen MR) is 86.0 cm³/mol. The third-order valence-electron chi connectivity index (χ3n) is 6.29. The zero-order valence-electron chi connectivity index (χ0n) is 13.8. The van der Waals surface area contributed by atoms with Gasteiger partial charge < -0.3 is 5.32 Å². The van der Waals surface area contributed by atoms with Crippen molar-refractivity contribution in [2.24, 2.45) is 11.3 Å². The zero-order chi connectivity index (χ0) is 14.2. The number of nitrogens with one attached hydrogen (secondary N) is 1. The van der Waals surface area contributed by atoms with Crippen molar-refractivity contribution in [1.82, 2.24) is 10.2 Å². The Morgan fingerprint density at radius 3 is 2.65 bits per heavy atom. The summed E-state index contributed by atoms with van der Waals surface area (Å²) in [6.07, 6.45) is 11.6. The highest BCUT2D eigenvalue weighted by atomic mass is 15.2. The molecule has 2 nitrogen and oxygen atoms in total. The van der Waals surface area contributed by atoms with Crippen molar-refractivity contribution >= 4 is 0 Å². The second kappa shape index (κ2) is 5.96. The zero-order valence-corrected chi connectivity index (χ0v) is 13.8. The van der Waals surface area contributed by atoms with E-state index in [1.165, 1.54) is 57.9 Å². The number of hydrogen-bond acceptors (Lipinski definition) is 2. The Morgan fingerprint density at radius 1 is 1.05 bits per heavy atom. The predicted octanol–water partition coefficient (Wildman–Crippen LogP) is 3.81. The highest BCUT2D eigenvalue weighted by Gasteiger charge is 2.44. The number of rotatable bonds is 3. The number of fused-ring (bicyclic) bond motifs is 1. The summed E-state index contributed by atoms with van der Waals surface area (Å²) < 4.78 is 0. The maximum Gasteiger partial charge on any atom is 0.0257 e. The first-order valence-corrected chi connectivity index (χ1v) is 9.10. The van der Waals surface area contributed by atoms with Gasteiger partial charge in [-0.2, -0.15) is 0 Å². The van der Waals surface area contributed by atoms with Crippen LogP contribution in [0.25, 0.3) is 0 Å². The molecule has 0 bridgehead atoms. The van der Waals surface area contributed by atoms with Gasteiger partial charge in [0.15, 0.2) is 0 Å². The van der Waals surface area contributed by atoms with E-state index in [-0.39, 0.29) is 0 Å². The van der Waals surface area contributed by atoms with E-state index in [0.29, 0.717) is 5.41 Å². The molecule has 0 amide bonds. The van der Waals surface area contributed by atoms with Crippen LogP contribution in [0.2, 0.25) is 0 Å². The van der Waals surface area contributed by atoms with E-state index in [9.17, 15) is 0 Å². The fraction of sp³-hybridized carbons (Fsp3) is 1.00. The molecule has 1 N–H and O–H groups in total. The molecule has 116 valence electrons. The second-order valence-corrected chi connectivity index (χ2v) is 8.28. The normalized spacial score (nSPS) is 41.5. The summed E-state index contributed by atoms with van der Waals surface area (Å²) in [5.74, 6) is 1.02. The number of likely N-dealkylation sites (tertiary alicyclic amines) is 1. The van der Waals surface area contributed by atoms with Crippen molar-refractivity contribution in [3.63, 3.8) is 0 Å². The number of nitrogens with zero attached hydrogens (tertiary/aromatic N) is 1. The molecule has 3 aliphatic rings. The van der Waals surface area contributed by atoms with E-state index in [4.69, 9.17) is 0 Å². The molecule has 0 aromatic carbocycles.